The SMILES string of the molecule is C/C=C1\S/C(=N\C(=O)c2ccccc2)N(c2ccc(CC)cc2)C1=O. The molecule has 0 radical (unpaired) electrons. The molecular formula is C20H18N2O2S. The van der Waals surface area contributed by atoms with Crippen LogP contribution in [0.4, 0.5) is 5.69 Å². The number of hydrogen-bond acceptors (Lipinski definition) is 3. The third kappa shape index (κ3) is 3.56. The lowest BCUT2D eigenvalue weighted by atomic mass is 10.1. The van der Waals surface area contributed by atoms with E-state index in [-0.39, 0.29) is 11.8 Å². The van der Waals surface area contributed by atoms with Gasteiger partial charge in [-0.2, -0.15) is 4.99 Å². The van der Waals surface area contributed by atoms with E-state index < -0.39 is 0 Å². The van der Waals surface area contributed by atoms with Gasteiger partial charge in [0.2, 0.25) is 0 Å². The summed E-state index contributed by atoms with van der Waals surface area (Å²) in [4.78, 5) is 31.4. The fourth-order valence-corrected chi connectivity index (χ4v) is 3.38. The van der Waals surface area contributed by atoms with E-state index in [4.69, 9.17) is 0 Å². The number of allylic oxidation sites excluding steroid dienone is 1. The second kappa shape index (κ2) is 7.49. The Morgan fingerprint density at radius 1 is 1.12 bits per heavy atom. The summed E-state index contributed by atoms with van der Waals surface area (Å²) < 4.78 is 0. The first-order valence-electron chi connectivity index (χ1n) is 8.09. The van der Waals surface area contributed by atoms with Crippen LogP contribution in [0.3, 0.4) is 0 Å². The predicted octanol–water partition coefficient (Wildman–Crippen LogP) is 4.43. The molecular weight excluding hydrogens is 332 g/mol. The van der Waals surface area contributed by atoms with Crippen molar-refractivity contribution in [1.29, 1.82) is 0 Å². The number of hydrogen-bond donors (Lipinski definition) is 0. The van der Waals surface area contributed by atoms with Crippen LogP contribution >= 0.6 is 11.8 Å². The van der Waals surface area contributed by atoms with Crippen molar-refractivity contribution in [2.75, 3.05) is 4.90 Å². The lowest BCUT2D eigenvalue weighted by Gasteiger charge is -2.15. The topological polar surface area (TPSA) is 49.7 Å². The molecule has 0 saturated carbocycles. The maximum Gasteiger partial charge on any atom is 0.279 e. The highest BCUT2D eigenvalue weighted by Crippen LogP contribution is 2.35. The van der Waals surface area contributed by atoms with Crippen LogP contribution in [0.2, 0.25) is 0 Å². The molecule has 0 spiro atoms. The summed E-state index contributed by atoms with van der Waals surface area (Å²) in [6.07, 6.45) is 2.67. The molecule has 0 atom stereocenters. The number of carbonyl (C=O) groups excluding carboxylic acids is 2. The molecule has 4 nitrogen and oxygen atoms in total. The Kier molecular flexibility index (Phi) is 5.14. The molecule has 2 amide bonds. The predicted molar refractivity (Wildman–Crippen MR) is 103 cm³/mol. The van der Waals surface area contributed by atoms with Crippen LogP contribution in [0.1, 0.15) is 29.8 Å². The fraction of sp³-hybridized carbons (Fsp3) is 0.150. The summed E-state index contributed by atoms with van der Waals surface area (Å²) in [6, 6.07) is 16.6. The lowest BCUT2D eigenvalue weighted by Crippen LogP contribution is -2.29. The van der Waals surface area contributed by atoms with Gasteiger partial charge in [-0.05, 0) is 54.9 Å². The first-order chi connectivity index (χ1) is 12.1. The van der Waals surface area contributed by atoms with Crippen molar-refractivity contribution in [3.63, 3.8) is 0 Å². The molecule has 3 rings (SSSR count). The van der Waals surface area contributed by atoms with E-state index >= 15 is 0 Å². The number of amides is 2. The van der Waals surface area contributed by atoms with Crippen LogP contribution in [0, 0.1) is 0 Å². The minimum Gasteiger partial charge on any atom is -0.268 e. The number of benzene rings is 2. The highest BCUT2D eigenvalue weighted by atomic mass is 32.2. The van der Waals surface area contributed by atoms with Gasteiger partial charge in [-0.25, -0.2) is 0 Å². The average Bonchev–Trinajstić information content (AvgIpc) is 2.97. The summed E-state index contributed by atoms with van der Waals surface area (Å²) in [5, 5.41) is 0.385. The number of aryl methyl sites for hydroxylation is 1. The maximum absolute atomic E-state index is 12.7. The van der Waals surface area contributed by atoms with Gasteiger partial charge in [0.15, 0.2) is 5.17 Å². The zero-order valence-corrected chi connectivity index (χ0v) is 14.9. The minimum atomic E-state index is -0.358. The normalized spacial score (nSPS) is 17.5. The molecule has 0 bridgehead atoms. The number of thioether (sulfide) groups is 1. The van der Waals surface area contributed by atoms with Crippen molar-refractivity contribution in [1.82, 2.24) is 0 Å². The molecule has 1 saturated heterocycles. The summed E-state index contributed by atoms with van der Waals surface area (Å²) in [5.41, 5.74) is 2.40. The van der Waals surface area contributed by atoms with Gasteiger partial charge in [0.1, 0.15) is 0 Å². The molecule has 0 aromatic heterocycles. The second-order valence-electron chi connectivity index (χ2n) is 5.48. The second-order valence-corrected chi connectivity index (χ2v) is 6.49. The van der Waals surface area contributed by atoms with E-state index in [9.17, 15) is 9.59 Å². The fourth-order valence-electron chi connectivity index (χ4n) is 2.48. The van der Waals surface area contributed by atoms with Gasteiger partial charge in [0.05, 0.1) is 10.6 Å². The van der Waals surface area contributed by atoms with Crippen LogP contribution in [0.25, 0.3) is 0 Å². The molecule has 126 valence electrons. The van der Waals surface area contributed by atoms with Gasteiger partial charge in [-0.15, -0.1) is 0 Å². The molecule has 1 heterocycles. The van der Waals surface area contributed by atoms with Crippen LogP contribution in [-0.2, 0) is 11.2 Å². The minimum absolute atomic E-state index is 0.156. The Bertz CT molecular complexity index is 855. The van der Waals surface area contributed by atoms with Crippen LogP contribution < -0.4 is 4.90 Å². The highest BCUT2D eigenvalue weighted by Gasteiger charge is 2.34. The summed E-state index contributed by atoms with van der Waals surface area (Å²) >= 11 is 1.22. The van der Waals surface area contributed by atoms with Gasteiger partial charge in [0, 0.05) is 5.56 Å². The Morgan fingerprint density at radius 3 is 2.40 bits per heavy atom. The molecule has 1 fully saturated rings. The van der Waals surface area contributed by atoms with E-state index in [0.29, 0.717) is 21.3 Å². The van der Waals surface area contributed by atoms with Crippen molar-refractivity contribution in [2.45, 2.75) is 20.3 Å². The first kappa shape index (κ1) is 17.2. The molecule has 25 heavy (non-hydrogen) atoms. The van der Waals surface area contributed by atoms with Crippen molar-refractivity contribution >= 4 is 34.4 Å². The third-order valence-electron chi connectivity index (χ3n) is 3.89. The van der Waals surface area contributed by atoms with Gasteiger partial charge in [-0.3, -0.25) is 14.5 Å². The zero-order chi connectivity index (χ0) is 17.8. The van der Waals surface area contributed by atoms with E-state index in [2.05, 4.69) is 11.9 Å². The van der Waals surface area contributed by atoms with E-state index in [1.165, 1.54) is 22.2 Å². The summed E-state index contributed by atoms with van der Waals surface area (Å²) in [5.74, 6) is -0.514. The number of nitrogens with zero attached hydrogens (tertiary/aromatic N) is 2. The molecule has 1 aliphatic rings. The van der Waals surface area contributed by atoms with Crippen molar-refractivity contribution in [3.8, 4) is 0 Å². The largest absolute Gasteiger partial charge is 0.279 e. The van der Waals surface area contributed by atoms with Crippen LogP contribution in [-0.4, -0.2) is 17.0 Å². The van der Waals surface area contributed by atoms with Crippen molar-refractivity contribution < 1.29 is 9.59 Å². The molecule has 0 aliphatic carbocycles. The Balaban J connectivity index is 1.99. The van der Waals surface area contributed by atoms with Gasteiger partial charge >= 0.3 is 0 Å². The highest BCUT2D eigenvalue weighted by molar-refractivity contribution is 8.19. The van der Waals surface area contributed by atoms with Crippen molar-refractivity contribution in [2.24, 2.45) is 4.99 Å². The quantitative estimate of drug-likeness (QED) is 0.770. The number of amidine groups is 1. The van der Waals surface area contributed by atoms with Gasteiger partial charge in [-0.1, -0.05) is 43.3 Å². The third-order valence-corrected chi connectivity index (χ3v) is 4.98. The standard InChI is InChI=1S/C20H18N2O2S/c1-3-14-10-12-16(13-11-14)22-19(24)17(4-2)25-20(22)21-18(23)15-8-6-5-7-9-15/h4-13H,3H2,1-2H3/b17-4-,21-20-. The summed E-state index contributed by atoms with van der Waals surface area (Å²) in [7, 11) is 0. The number of aliphatic imine (C=N–C) groups is 1. The molecule has 0 N–H and O–H groups in total. The Morgan fingerprint density at radius 2 is 1.80 bits per heavy atom. The van der Waals surface area contributed by atoms with Crippen LogP contribution in [0.5, 0.6) is 0 Å². The smallest absolute Gasteiger partial charge is 0.268 e. The molecule has 2 aromatic carbocycles. The van der Waals surface area contributed by atoms with E-state index in [1.807, 2.05) is 30.3 Å². The molecule has 2 aromatic rings. The number of rotatable bonds is 3. The maximum atomic E-state index is 12.7. The monoisotopic (exact) mass is 350 g/mol. The van der Waals surface area contributed by atoms with Gasteiger partial charge < -0.3 is 0 Å². The summed E-state index contributed by atoms with van der Waals surface area (Å²) in [6.45, 7) is 3.88. The zero-order valence-electron chi connectivity index (χ0n) is 14.1. The first-order valence-corrected chi connectivity index (χ1v) is 8.91. The van der Waals surface area contributed by atoms with E-state index in [0.717, 1.165) is 6.42 Å². The van der Waals surface area contributed by atoms with Crippen molar-refractivity contribution in [3.05, 3.63) is 76.7 Å². The average molecular weight is 350 g/mol. The molecule has 0 unspecified atom stereocenters. The number of carbonyl (C=O) groups is 2. The van der Waals surface area contributed by atoms with Gasteiger partial charge in [0.25, 0.3) is 11.8 Å². The lowest BCUT2D eigenvalue weighted by molar-refractivity contribution is -0.113. The van der Waals surface area contributed by atoms with Crippen LogP contribution in [0.15, 0.2) is 70.6 Å². The number of anilines is 1. The Hall–Kier alpha value is -2.66. The van der Waals surface area contributed by atoms with E-state index in [1.54, 1.807) is 37.3 Å². The molecule has 1 aliphatic heterocycles. The Labute approximate surface area is 151 Å². The molecule has 5 heteroatoms.